The van der Waals surface area contributed by atoms with Gasteiger partial charge in [-0.2, -0.15) is 0 Å². The van der Waals surface area contributed by atoms with Gasteiger partial charge in [-0.3, -0.25) is 4.79 Å². The zero-order chi connectivity index (χ0) is 18.8. The molecule has 0 saturated heterocycles. The van der Waals surface area contributed by atoms with Crippen LogP contribution in [0.15, 0.2) is 36.4 Å². The normalized spacial score (nSPS) is 10.6. The number of amides is 1. The molecule has 9 heteroatoms. The Kier molecular flexibility index (Phi) is 5.06. The van der Waals surface area contributed by atoms with Crippen molar-refractivity contribution in [1.82, 2.24) is 4.98 Å². The smallest absolute Gasteiger partial charge is 0.269 e. The first-order valence-electron chi connectivity index (χ1n) is 7.40. The summed E-state index contributed by atoms with van der Waals surface area (Å²) in [7, 11) is 0. The average molecular weight is 395 g/mol. The lowest BCUT2D eigenvalue weighted by Crippen LogP contribution is -2.13. The van der Waals surface area contributed by atoms with Gasteiger partial charge in [0.05, 0.1) is 10.7 Å². The van der Waals surface area contributed by atoms with Crippen LogP contribution in [0.5, 0.6) is 0 Å². The van der Waals surface area contributed by atoms with Crippen molar-refractivity contribution in [2.45, 2.75) is 6.92 Å². The minimum Gasteiger partial charge on any atom is -0.382 e. The highest BCUT2D eigenvalue weighted by molar-refractivity contribution is 7.18. The largest absolute Gasteiger partial charge is 0.382 e. The first-order valence-corrected chi connectivity index (χ1v) is 8.59. The van der Waals surface area contributed by atoms with E-state index >= 15 is 0 Å². The molecule has 0 spiro atoms. The highest BCUT2D eigenvalue weighted by atomic mass is 35.5. The minimum atomic E-state index is -0.994. The van der Waals surface area contributed by atoms with Crippen LogP contribution in [0, 0.1) is 18.6 Å². The number of halogens is 3. The molecule has 0 aliphatic carbocycles. The number of thiazole rings is 1. The molecule has 2 aromatic carbocycles. The van der Waals surface area contributed by atoms with Crippen molar-refractivity contribution in [2.24, 2.45) is 0 Å². The quantitative estimate of drug-likeness (QED) is 0.584. The molecule has 3 aromatic rings. The Labute approximate surface area is 156 Å². The summed E-state index contributed by atoms with van der Waals surface area (Å²) >= 11 is 7.09. The molecule has 0 saturated carbocycles. The molecule has 0 radical (unpaired) electrons. The van der Waals surface area contributed by atoms with Gasteiger partial charge in [0.2, 0.25) is 0 Å². The lowest BCUT2D eigenvalue weighted by atomic mass is 10.2. The third-order valence-corrected chi connectivity index (χ3v) is 4.79. The van der Waals surface area contributed by atoms with E-state index < -0.39 is 17.5 Å². The molecule has 0 aliphatic rings. The zero-order valence-electron chi connectivity index (χ0n) is 13.4. The summed E-state index contributed by atoms with van der Waals surface area (Å²) in [5, 5.41) is 6.18. The Bertz CT molecular complexity index is 973. The molecule has 0 bridgehead atoms. The second-order valence-electron chi connectivity index (χ2n) is 5.37. The minimum absolute atomic E-state index is 0.0160. The third kappa shape index (κ3) is 3.76. The zero-order valence-corrected chi connectivity index (χ0v) is 15.0. The van der Waals surface area contributed by atoms with Crippen molar-refractivity contribution in [1.29, 1.82) is 0 Å². The van der Waals surface area contributed by atoms with Gasteiger partial charge in [0, 0.05) is 11.8 Å². The summed E-state index contributed by atoms with van der Waals surface area (Å²) in [6.07, 6.45) is 0. The Morgan fingerprint density at radius 2 is 2.00 bits per heavy atom. The van der Waals surface area contributed by atoms with E-state index in [0.29, 0.717) is 10.7 Å². The number of carbonyl (C=O) groups is 1. The lowest BCUT2D eigenvalue weighted by Gasteiger charge is -2.09. The van der Waals surface area contributed by atoms with Crippen LogP contribution in [0.25, 0.3) is 0 Å². The van der Waals surface area contributed by atoms with Crippen molar-refractivity contribution in [3.63, 3.8) is 0 Å². The SMILES string of the molecule is Cc1cccc(Cl)c1NC(=O)c1sc(Nc2ccc(F)c(F)c2)nc1N. The molecule has 1 heterocycles. The van der Waals surface area contributed by atoms with E-state index in [2.05, 4.69) is 15.6 Å². The maximum Gasteiger partial charge on any atom is 0.269 e. The van der Waals surface area contributed by atoms with Crippen LogP contribution in [-0.4, -0.2) is 10.9 Å². The van der Waals surface area contributed by atoms with Crippen LogP contribution in [0.1, 0.15) is 15.2 Å². The molecule has 0 aliphatic heterocycles. The topological polar surface area (TPSA) is 80.0 Å². The van der Waals surface area contributed by atoms with Crippen molar-refractivity contribution in [2.75, 3.05) is 16.4 Å². The molecular formula is C17H13ClF2N4OS. The fourth-order valence-electron chi connectivity index (χ4n) is 2.21. The van der Waals surface area contributed by atoms with E-state index in [1.807, 2.05) is 13.0 Å². The molecule has 4 N–H and O–H groups in total. The summed E-state index contributed by atoms with van der Waals surface area (Å²) in [4.78, 5) is 16.7. The van der Waals surface area contributed by atoms with Crippen LogP contribution in [0.2, 0.25) is 5.02 Å². The number of nitrogens with zero attached hydrogens (tertiary/aromatic N) is 1. The van der Waals surface area contributed by atoms with Gasteiger partial charge in [0.1, 0.15) is 10.7 Å². The van der Waals surface area contributed by atoms with Gasteiger partial charge in [0.25, 0.3) is 5.91 Å². The van der Waals surface area contributed by atoms with Gasteiger partial charge in [-0.25, -0.2) is 13.8 Å². The molecule has 0 fully saturated rings. The first-order chi connectivity index (χ1) is 12.3. The maximum atomic E-state index is 13.3. The molecule has 3 rings (SSSR count). The average Bonchev–Trinajstić information content (AvgIpc) is 2.95. The number of hydrogen-bond donors (Lipinski definition) is 3. The number of anilines is 4. The Balaban J connectivity index is 1.81. The number of aromatic nitrogens is 1. The third-order valence-electron chi connectivity index (χ3n) is 3.49. The van der Waals surface area contributed by atoms with Crippen LogP contribution >= 0.6 is 22.9 Å². The van der Waals surface area contributed by atoms with Crippen molar-refractivity contribution in [3.05, 3.63) is 63.5 Å². The molecule has 1 aromatic heterocycles. The second kappa shape index (κ2) is 7.27. The molecule has 0 atom stereocenters. The second-order valence-corrected chi connectivity index (χ2v) is 6.78. The van der Waals surface area contributed by atoms with Crippen molar-refractivity contribution < 1.29 is 13.6 Å². The highest BCUT2D eigenvalue weighted by Gasteiger charge is 2.18. The number of nitrogens with one attached hydrogen (secondary N) is 2. The number of nitrogen functional groups attached to an aromatic ring is 1. The maximum absolute atomic E-state index is 13.3. The number of nitrogens with two attached hydrogens (primary N) is 1. The Morgan fingerprint density at radius 1 is 1.23 bits per heavy atom. The Hall–Kier alpha value is -2.71. The lowest BCUT2D eigenvalue weighted by molar-refractivity contribution is 0.103. The van der Waals surface area contributed by atoms with E-state index in [9.17, 15) is 13.6 Å². The van der Waals surface area contributed by atoms with Crippen LogP contribution in [-0.2, 0) is 0 Å². The van der Waals surface area contributed by atoms with Gasteiger partial charge in [0.15, 0.2) is 16.8 Å². The van der Waals surface area contributed by atoms with Crippen LogP contribution < -0.4 is 16.4 Å². The summed E-state index contributed by atoms with van der Waals surface area (Å²) in [6, 6.07) is 8.58. The standard InChI is InChI=1S/C17H13ClF2N4OS/c1-8-3-2-4-10(18)13(8)23-16(25)14-15(21)24-17(26-14)22-9-5-6-11(19)12(20)7-9/h2-7H,21H2,1H3,(H,22,24)(H,23,25). The molecular weight excluding hydrogens is 382 g/mol. The van der Waals surface area contributed by atoms with E-state index in [-0.39, 0.29) is 21.5 Å². The van der Waals surface area contributed by atoms with Gasteiger partial charge < -0.3 is 16.4 Å². The van der Waals surface area contributed by atoms with Gasteiger partial charge in [-0.1, -0.05) is 35.1 Å². The number of benzene rings is 2. The van der Waals surface area contributed by atoms with E-state index in [1.54, 1.807) is 12.1 Å². The number of carbonyl (C=O) groups excluding carboxylic acids is 1. The van der Waals surface area contributed by atoms with Crippen molar-refractivity contribution in [3.8, 4) is 0 Å². The molecule has 5 nitrogen and oxygen atoms in total. The monoisotopic (exact) mass is 394 g/mol. The molecule has 0 unspecified atom stereocenters. The highest BCUT2D eigenvalue weighted by Crippen LogP contribution is 2.31. The van der Waals surface area contributed by atoms with Gasteiger partial charge in [-0.05, 0) is 30.7 Å². The fraction of sp³-hybridized carbons (Fsp3) is 0.0588. The predicted octanol–water partition coefficient (Wildman–Crippen LogP) is 4.96. The van der Waals surface area contributed by atoms with E-state index in [4.69, 9.17) is 17.3 Å². The number of hydrogen-bond acceptors (Lipinski definition) is 5. The van der Waals surface area contributed by atoms with Gasteiger partial charge in [-0.15, -0.1) is 0 Å². The van der Waals surface area contributed by atoms with Crippen molar-refractivity contribution >= 4 is 51.2 Å². The number of rotatable bonds is 4. The van der Waals surface area contributed by atoms with E-state index in [1.165, 1.54) is 6.07 Å². The van der Waals surface area contributed by atoms with Gasteiger partial charge >= 0.3 is 0 Å². The summed E-state index contributed by atoms with van der Waals surface area (Å²) < 4.78 is 26.3. The number of para-hydroxylation sites is 1. The van der Waals surface area contributed by atoms with E-state index in [0.717, 1.165) is 29.0 Å². The van der Waals surface area contributed by atoms with Crippen LogP contribution in [0.4, 0.5) is 31.1 Å². The fourth-order valence-corrected chi connectivity index (χ4v) is 3.28. The summed E-state index contributed by atoms with van der Waals surface area (Å²) in [5.41, 5.74) is 7.38. The van der Waals surface area contributed by atoms with Crippen LogP contribution in [0.3, 0.4) is 0 Å². The molecule has 26 heavy (non-hydrogen) atoms. The summed E-state index contributed by atoms with van der Waals surface area (Å²) in [5.74, 6) is -2.40. The Morgan fingerprint density at radius 3 is 2.69 bits per heavy atom. The predicted molar refractivity (Wildman–Crippen MR) is 100 cm³/mol. The number of aryl methyl sites for hydroxylation is 1. The molecule has 134 valence electrons. The first kappa shape index (κ1) is 18.1. The molecule has 1 amide bonds. The summed E-state index contributed by atoms with van der Waals surface area (Å²) in [6.45, 7) is 1.81.